The van der Waals surface area contributed by atoms with Crippen molar-refractivity contribution < 1.29 is 23.2 Å². The van der Waals surface area contributed by atoms with Crippen LogP contribution in [0.3, 0.4) is 0 Å². The second-order valence-corrected chi connectivity index (χ2v) is 7.26. The number of esters is 1. The normalized spacial score (nSPS) is 16.6. The first-order valence-corrected chi connectivity index (χ1v) is 7.52. The molecule has 0 spiro atoms. The molecule has 1 aliphatic rings. The van der Waals surface area contributed by atoms with E-state index in [-0.39, 0.29) is 6.79 Å². The van der Waals surface area contributed by atoms with E-state index in [9.17, 15) is 9.00 Å². The lowest BCUT2D eigenvalue weighted by atomic mass is 10.2. The van der Waals surface area contributed by atoms with Crippen molar-refractivity contribution in [3.8, 4) is 11.5 Å². The van der Waals surface area contributed by atoms with Gasteiger partial charge in [-0.3, -0.25) is 9.00 Å². The monoisotopic (exact) mass is 298 g/mol. The quantitative estimate of drug-likeness (QED) is 0.801. The van der Waals surface area contributed by atoms with Crippen molar-refractivity contribution in [1.82, 2.24) is 0 Å². The molecule has 0 aliphatic carbocycles. The van der Waals surface area contributed by atoms with Gasteiger partial charge in [0.15, 0.2) is 11.5 Å². The van der Waals surface area contributed by atoms with E-state index in [4.69, 9.17) is 14.2 Å². The van der Waals surface area contributed by atoms with E-state index in [0.717, 1.165) is 0 Å². The van der Waals surface area contributed by atoms with Crippen LogP contribution in [0, 0.1) is 0 Å². The topological polar surface area (TPSA) is 61.8 Å². The van der Waals surface area contributed by atoms with Gasteiger partial charge in [-0.15, -0.1) is 0 Å². The molecule has 0 amide bonds. The average Bonchev–Trinajstić information content (AvgIpc) is 2.81. The van der Waals surface area contributed by atoms with Crippen molar-refractivity contribution in [3.63, 3.8) is 0 Å². The molecule has 2 rings (SSSR count). The van der Waals surface area contributed by atoms with Gasteiger partial charge in [0.2, 0.25) is 6.79 Å². The minimum Gasteiger partial charge on any atom is -0.459 e. The molecule has 20 heavy (non-hydrogen) atoms. The van der Waals surface area contributed by atoms with Gasteiger partial charge in [-0.1, -0.05) is 0 Å². The average molecular weight is 298 g/mol. The van der Waals surface area contributed by atoms with E-state index < -0.39 is 27.6 Å². The third-order valence-corrected chi connectivity index (χ3v) is 4.19. The van der Waals surface area contributed by atoms with E-state index in [1.807, 2.05) is 0 Å². The van der Waals surface area contributed by atoms with E-state index in [2.05, 4.69) is 0 Å². The Labute approximate surface area is 120 Å². The van der Waals surface area contributed by atoms with Gasteiger partial charge >= 0.3 is 5.97 Å². The number of fused-ring (bicyclic) bond motifs is 1. The predicted octanol–water partition coefficient (Wildman–Crippen LogP) is 2.25. The van der Waals surface area contributed by atoms with Gasteiger partial charge in [0.1, 0.15) is 10.9 Å². The highest BCUT2D eigenvalue weighted by atomic mass is 32.2. The molecule has 0 bridgehead atoms. The molecule has 1 aliphatic heterocycles. The number of ether oxygens (including phenoxy) is 3. The third kappa shape index (κ3) is 3.30. The standard InChI is InChI=1S/C14H18O5S/c1-9(13(15)19-14(2,3)4)20(16)10-5-6-11-12(7-10)18-8-17-11/h5-7,9H,8H2,1-4H3. The summed E-state index contributed by atoms with van der Waals surface area (Å²) in [5, 5.41) is -0.741. The molecule has 5 nitrogen and oxygen atoms in total. The van der Waals surface area contributed by atoms with Crippen LogP contribution in [-0.4, -0.2) is 27.8 Å². The zero-order valence-electron chi connectivity index (χ0n) is 12.0. The zero-order valence-corrected chi connectivity index (χ0v) is 12.8. The molecule has 1 aromatic carbocycles. The first-order valence-electron chi connectivity index (χ1n) is 6.31. The molecule has 0 N–H and O–H groups in total. The summed E-state index contributed by atoms with van der Waals surface area (Å²) in [5.41, 5.74) is -0.593. The van der Waals surface area contributed by atoms with Gasteiger partial charge in [-0.25, -0.2) is 0 Å². The Kier molecular flexibility index (Phi) is 4.04. The van der Waals surface area contributed by atoms with Crippen LogP contribution < -0.4 is 9.47 Å². The highest BCUT2D eigenvalue weighted by Crippen LogP contribution is 2.34. The van der Waals surface area contributed by atoms with Crippen LogP contribution in [0.1, 0.15) is 27.7 Å². The molecule has 1 aromatic rings. The van der Waals surface area contributed by atoms with Crippen molar-refractivity contribution in [3.05, 3.63) is 18.2 Å². The molecule has 2 unspecified atom stereocenters. The highest BCUT2D eigenvalue weighted by molar-refractivity contribution is 7.86. The molecular weight excluding hydrogens is 280 g/mol. The molecule has 6 heteroatoms. The minimum absolute atomic E-state index is 0.160. The fourth-order valence-electron chi connectivity index (χ4n) is 1.68. The second-order valence-electron chi connectivity index (χ2n) is 5.49. The second kappa shape index (κ2) is 5.44. The molecular formula is C14H18O5S. The molecule has 0 radical (unpaired) electrons. The SMILES string of the molecule is CC(C(=O)OC(C)(C)C)S(=O)c1ccc2c(c1)OCO2. The Morgan fingerprint density at radius 3 is 2.60 bits per heavy atom. The summed E-state index contributed by atoms with van der Waals surface area (Å²) in [6.45, 7) is 7.09. The lowest BCUT2D eigenvalue weighted by Gasteiger charge is -2.22. The summed E-state index contributed by atoms with van der Waals surface area (Å²) in [6, 6.07) is 5.00. The van der Waals surface area contributed by atoms with Crippen LogP contribution in [0.2, 0.25) is 0 Å². The number of carbonyl (C=O) groups excluding carboxylic acids is 1. The Bertz CT molecular complexity index is 547. The van der Waals surface area contributed by atoms with E-state index >= 15 is 0 Å². The molecule has 0 saturated heterocycles. The van der Waals surface area contributed by atoms with Crippen LogP contribution >= 0.6 is 0 Å². The Morgan fingerprint density at radius 1 is 1.30 bits per heavy atom. The predicted molar refractivity (Wildman–Crippen MR) is 74.3 cm³/mol. The lowest BCUT2D eigenvalue weighted by molar-refractivity contribution is -0.153. The van der Waals surface area contributed by atoms with Gasteiger partial charge in [-0.2, -0.15) is 0 Å². The maximum atomic E-state index is 12.4. The van der Waals surface area contributed by atoms with Crippen LogP contribution in [0.15, 0.2) is 23.1 Å². The number of rotatable bonds is 3. The van der Waals surface area contributed by atoms with Gasteiger partial charge in [0.05, 0.1) is 10.8 Å². The van der Waals surface area contributed by atoms with Crippen molar-refractivity contribution in [2.45, 2.75) is 43.4 Å². The van der Waals surface area contributed by atoms with Gasteiger partial charge < -0.3 is 14.2 Å². The summed E-state index contributed by atoms with van der Waals surface area (Å²) < 4.78 is 28.1. The molecule has 0 fully saturated rings. The van der Waals surface area contributed by atoms with Gasteiger partial charge in [0.25, 0.3) is 0 Å². The van der Waals surface area contributed by atoms with Gasteiger partial charge in [0, 0.05) is 11.0 Å². The van der Waals surface area contributed by atoms with E-state index in [1.54, 1.807) is 45.9 Å². The van der Waals surface area contributed by atoms with Crippen molar-refractivity contribution in [2.24, 2.45) is 0 Å². The Balaban J connectivity index is 2.13. The summed E-state index contributed by atoms with van der Waals surface area (Å²) >= 11 is 0. The number of carbonyl (C=O) groups is 1. The van der Waals surface area contributed by atoms with Crippen molar-refractivity contribution in [2.75, 3.05) is 6.79 Å². The van der Waals surface area contributed by atoms with Crippen LogP contribution in [0.5, 0.6) is 11.5 Å². The molecule has 110 valence electrons. The van der Waals surface area contributed by atoms with E-state index in [1.165, 1.54) is 0 Å². The largest absolute Gasteiger partial charge is 0.459 e. The summed E-state index contributed by atoms with van der Waals surface area (Å²) in [4.78, 5) is 12.5. The van der Waals surface area contributed by atoms with Crippen LogP contribution in [0.4, 0.5) is 0 Å². The molecule has 1 heterocycles. The fourth-order valence-corrected chi connectivity index (χ4v) is 2.73. The first kappa shape index (κ1) is 14.8. The maximum absolute atomic E-state index is 12.4. The summed E-state index contributed by atoms with van der Waals surface area (Å²) in [7, 11) is -1.50. The summed E-state index contributed by atoms with van der Waals surface area (Å²) in [6.07, 6.45) is 0. The Hall–Kier alpha value is -1.56. The Morgan fingerprint density at radius 2 is 1.95 bits per heavy atom. The lowest BCUT2D eigenvalue weighted by Crippen LogP contribution is -2.32. The van der Waals surface area contributed by atoms with Crippen LogP contribution in [-0.2, 0) is 20.3 Å². The number of benzene rings is 1. The third-order valence-electron chi connectivity index (χ3n) is 2.64. The molecule has 0 aromatic heterocycles. The maximum Gasteiger partial charge on any atom is 0.322 e. The van der Waals surface area contributed by atoms with Crippen molar-refractivity contribution in [1.29, 1.82) is 0 Å². The fraction of sp³-hybridized carbons (Fsp3) is 0.500. The number of hydrogen-bond donors (Lipinski definition) is 0. The molecule has 0 saturated carbocycles. The summed E-state index contributed by atoms with van der Waals surface area (Å²) in [5.74, 6) is 0.691. The van der Waals surface area contributed by atoms with E-state index in [0.29, 0.717) is 16.4 Å². The molecule has 2 atom stereocenters. The van der Waals surface area contributed by atoms with Crippen LogP contribution in [0.25, 0.3) is 0 Å². The minimum atomic E-state index is -1.50. The van der Waals surface area contributed by atoms with Crippen molar-refractivity contribution >= 4 is 16.8 Å². The first-order chi connectivity index (χ1) is 9.28. The van der Waals surface area contributed by atoms with Gasteiger partial charge in [-0.05, 0) is 39.8 Å². The smallest absolute Gasteiger partial charge is 0.322 e. The number of hydrogen-bond acceptors (Lipinski definition) is 5. The zero-order chi connectivity index (χ0) is 14.9. The highest BCUT2D eigenvalue weighted by Gasteiger charge is 2.28.